The predicted molar refractivity (Wildman–Crippen MR) is 60.0 cm³/mol. The SMILES string of the molecule is Cc1nn(C)c(Cl)c1CC1(O)CC(C)C1. The summed E-state index contributed by atoms with van der Waals surface area (Å²) >= 11 is 6.13. The Labute approximate surface area is 95.0 Å². The van der Waals surface area contributed by atoms with Gasteiger partial charge < -0.3 is 5.11 Å². The fourth-order valence-electron chi connectivity index (χ4n) is 2.59. The van der Waals surface area contributed by atoms with Gasteiger partial charge in [-0.15, -0.1) is 0 Å². The molecule has 1 fully saturated rings. The molecule has 0 aliphatic heterocycles. The molecule has 1 N–H and O–H groups in total. The zero-order valence-electron chi connectivity index (χ0n) is 9.42. The molecule has 4 heteroatoms. The van der Waals surface area contributed by atoms with Crippen molar-refractivity contribution in [3.8, 4) is 0 Å². The first kappa shape index (κ1) is 11.0. The van der Waals surface area contributed by atoms with Crippen molar-refractivity contribution in [3.05, 3.63) is 16.4 Å². The van der Waals surface area contributed by atoms with E-state index in [1.165, 1.54) is 0 Å². The topological polar surface area (TPSA) is 38.0 Å². The van der Waals surface area contributed by atoms with Crippen molar-refractivity contribution < 1.29 is 5.11 Å². The molecule has 1 aliphatic carbocycles. The van der Waals surface area contributed by atoms with Gasteiger partial charge in [0.25, 0.3) is 0 Å². The van der Waals surface area contributed by atoms with Crippen LogP contribution in [-0.2, 0) is 13.5 Å². The van der Waals surface area contributed by atoms with Crippen LogP contribution in [0.2, 0.25) is 5.15 Å². The third-order valence-electron chi connectivity index (χ3n) is 3.23. The Balaban J connectivity index is 2.17. The third kappa shape index (κ3) is 1.91. The zero-order chi connectivity index (χ0) is 11.2. The zero-order valence-corrected chi connectivity index (χ0v) is 10.2. The largest absolute Gasteiger partial charge is 0.390 e. The number of hydrogen-bond acceptors (Lipinski definition) is 2. The minimum atomic E-state index is -0.545. The third-order valence-corrected chi connectivity index (χ3v) is 3.71. The van der Waals surface area contributed by atoms with Crippen molar-refractivity contribution in [2.24, 2.45) is 13.0 Å². The average molecular weight is 229 g/mol. The highest BCUT2D eigenvalue weighted by Gasteiger charge is 2.41. The van der Waals surface area contributed by atoms with Crippen LogP contribution >= 0.6 is 11.6 Å². The number of aromatic nitrogens is 2. The fourth-order valence-corrected chi connectivity index (χ4v) is 2.83. The molecule has 1 heterocycles. The summed E-state index contributed by atoms with van der Waals surface area (Å²) in [6, 6.07) is 0. The first-order valence-corrected chi connectivity index (χ1v) is 5.69. The van der Waals surface area contributed by atoms with Crippen molar-refractivity contribution in [2.45, 2.75) is 38.7 Å². The summed E-state index contributed by atoms with van der Waals surface area (Å²) in [5.41, 5.74) is 1.38. The minimum Gasteiger partial charge on any atom is -0.390 e. The lowest BCUT2D eigenvalue weighted by molar-refractivity contribution is -0.0666. The maximum Gasteiger partial charge on any atom is 0.130 e. The molecule has 0 bridgehead atoms. The van der Waals surface area contributed by atoms with Crippen LogP contribution in [-0.4, -0.2) is 20.5 Å². The van der Waals surface area contributed by atoms with E-state index in [0.29, 0.717) is 17.5 Å². The number of halogens is 1. The van der Waals surface area contributed by atoms with E-state index in [4.69, 9.17) is 11.6 Å². The first-order valence-electron chi connectivity index (χ1n) is 5.32. The van der Waals surface area contributed by atoms with Gasteiger partial charge in [0.2, 0.25) is 0 Å². The second kappa shape index (κ2) is 3.49. The highest BCUT2D eigenvalue weighted by molar-refractivity contribution is 6.30. The number of aliphatic hydroxyl groups is 1. The van der Waals surface area contributed by atoms with Crippen LogP contribution in [0, 0.1) is 12.8 Å². The van der Waals surface area contributed by atoms with E-state index in [9.17, 15) is 5.11 Å². The molecule has 0 radical (unpaired) electrons. The normalized spacial score (nSPS) is 30.3. The average Bonchev–Trinajstić information content (AvgIpc) is 2.30. The molecular weight excluding hydrogens is 212 g/mol. The quantitative estimate of drug-likeness (QED) is 0.842. The Kier molecular flexibility index (Phi) is 2.55. The maximum atomic E-state index is 10.2. The lowest BCUT2D eigenvalue weighted by atomic mass is 9.69. The Bertz CT molecular complexity index is 380. The first-order chi connectivity index (χ1) is 6.91. The van der Waals surface area contributed by atoms with Gasteiger partial charge in [-0.05, 0) is 25.7 Å². The van der Waals surface area contributed by atoms with Crippen molar-refractivity contribution in [1.82, 2.24) is 9.78 Å². The van der Waals surface area contributed by atoms with E-state index < -0.39 is 5.60 Å². The summed E-state index contributed by atoms with van der Waals surface area (Å²) in [6.07, 6.45) is 2.38. The van der Waals surface area contributed by atoms with Gasteiger partial charge in [-0.1, -0.05) is 18.5 Å². The van der Waals surface area contributed by atoms with Crippen LogP contribution in [0.3, 0.4) is 0 Å². The van der Waals surface area contributed by atoms with Gasteiger partial charge in [0, 0.05) is 19.0 Å². The second-order valence-electron chi connectivity index (χ2n) is 4.89. The van der Waals surface area contributed by atoms with Gasteiger partial charge >= 0.3 is 0 Å². The predicted octanol–water partition coefficient (Wildman–Crippen LogP) is 2.09. The van der Waals surface area contributed by atoms with Crippen molar-refractivity contribution in [2.75, 3.05) is 0 Å². The lowest BCUT2D eigenvalue weighted by Gasteiger charge is -2.42. The number of nitrogens with zero attached hydrogens (tertiary/aromatic N) is 2. The Morgan fingerprint density at radius 2 is 2.20 bits per heavy atom. The molecule has 3 nitrogen and oxygen atoms in total. The molecule has 84 valence electrons. The van der Waals surface area contributed by atoms with Crippen molar-refractivity contribution >= 4 is 11.6 Å². The van der Waals surface area contributed by atoms with E-state index in [-0.39, 0.29) is 0 Å². The maximum absolute atomic E-state index is 10.2. The molecule has 1 aromatic heterocycles. The molecule has 1 saturated carbocycles. The molecule has 0 unspecified atom stereocenters. The monoisotopic (exact) mass is 228 g/mol. The van der Waals surface area contributed by atoms with Gasteiger partial charge in [-0.3, -0.25) is 4.68 Å². The van der Waals surface area contributed by atoms with E-state index in [2.05, 4.69) is 12.0 Å². The fraction of sp³-hybridized carbons (Fsp3) is 0.727. The van der Waals surface area contributed by atoms with Crippen molar-refractivity contribution in [1.29, 1.82) is 0 Å². The molecule has 0 amide bonds. The highest BCUT2D eigenvalue weighted by Crippen LogP contribution is 2.41. The number of rotatable bonds is 2. The van der Waals surface area contributed by atoms with Crippen LogP contribution in [0.25, 0.3) is 0 Å². The Morgan fingerprint density at radius 1 is 1.60 bits per heavy atom. The van der Waals surface area contributed by atoms with E-state index in [0.717, 1.165) is 24.1 Å². The van der Waals surface area contributed by atoms with Crippen LogP contribution in [0.1, 0.15) is 31.0 Å². The summed E-state index contributed by atoms with van der Waals surface area (Å²) in [5.74, 6) is 0.630. The van der Waals surface area contributed by atoms with E-state index in [1.54, 1.807) is 4.68 Å². The van der Waals surface area contributed by atoms with Crippen LogP contribution < -0.4 is 0 Å². The summed E-state index contributed by atoms with van der Waals surface area (Å²) in [7, 11) is 1.83. The standard InChI is InChI=1S/C11H17ClN2O/c1-7-4-11(15,5-7)6-9-8(2)13-14(3)10(9)12/h7,15H,4-6H2,1-3H3. The Hall–Kier alpha value is -0.540. The smallest absolute Gasteiger partial charge is 0.130 e. The summed E-state index contributed by atoms with van der Waals surface area (Å²) in [5, 5.41) is 15.1. The molecule has 0 atom stereocenters. The minimum absolute atomic E-state index is 0.545. The van der Waals surface area contributed by atoms with Crippen molar-refractivity contribution in [3.63, 3.8) is 0 Å². The summed E-state index contributed by atoms with van der Waals surface area (Å²) < 4.78 is 1.66. The van der Waals surface area contributed by atoms with E-state index >= 15 is 0 Å². The van der Waals surface area contributed by atoms with E-state index in [1.807, 2.05) is 14.0 Å². The van der Waals surface area contributed by atoms with Crippen LogP contribution in [0.4, 0.5) is 0 Å². The summed E-state index contributed by atoms with van der Waals surface area (Å²) in [6.45, 7) is 4.10. The highest BCUT2D eigenvalue weighted by atomic mass is 35.5. The molecule has 0 aromatic carbocycles. The lowest BCUT2D eigenvalue weighted by Crippen LogP contribution is -2.44. The number of aryl methyl sites for hydroxylation is 2. The van der Waals surface area contributed by atoms with Gasteiger partial charge in [0.1, 0.15) is 5.15 Å². The van der Waals surface area contributed by atoms with Crippen LogP contribution in [0.5, 0.6) is 0 Å². The molecule has 0 saturated heterocycles. The Morgan fingerprint density at radius 3 is 2.60 bits per heavy atom. The van der Waals surface area contributed by atoms with Gasteiger partial charge in [0.05, 0.1) is 11.3 Å². The molecular formula is C11H17ClN2O. The molecule has 1 aromatic rings. The molecule has 0 spiro atoms. The molecule has 1 aliphatic rings. The second-order valence-corrected chi connectivity index (χ2v) is 5.25. The molecule has 2 rings (SSSR count). The van der Waals surface area contributed by atoms with Gasteiger partial charge in [0.15, 0.2) is 0 Å². The molecule has 15 heavy (non-hydrogen) atoms. The summed E-state index contributed by atoms with van der Waals surface area (Å²) in [4.78, 5) is 0. The number of hydrogen-bond donors (Lipinski definition) is 1. The van der Waals surface area contributed by atoms with Gasteiger partial charge in [-0.2, -0.15) is 5.10 Å². The van der Waals surface area contributed by atoms with Crippen LogP contribution in [0.15, 0.2) is 0 Å². The van der Waals surface area contributed by atoms with Gasteiger partial charge in [-0.25, -0.2) is 0 Å².